The van der Waals surface area contributed by atoms with E-state index in [1.54, 1.807) is 43.8 Å². The van der Waals surface area contributed by atoms with Crippen molar-refractivity contribution < 1.29 is 14.3 Å². The lowest BCUT2D eigenvalue weighted by atomic mass is 10.1. The average Bonchev–Trinajstić information content (AvgIpc) is 3.59. The number of urea groups is 1. The molecule has 0 saturated heterocycles. The predicted octanol–water partition coefficient (Wildman–Crippen LogP) is 5.49. The largest absolute Gasteiger partial charge is 0.497 e. The Morgan fingerprint density at radius 2 is 1.82 bits per heavy atom. The number of hydrogen-bond donors (Lipinski definition) is 4. The molecule has 39 heavy (non-hydrogen) atoms. The zero-order valence-electron chi connectivity index (χ0n) is 20.7. The Hall–Kier alpha value is -4.81. The van der Waals surface area contributed by atoms with Crippen molar-refractivity contribution in [3.05, 3.63) is 89.6 Å². The number of nitrogens with zero attached hydrogens (tertiary/aromatic N) is 3. The van der Waals surface area contributed by atoms with E-state index in [1.165, 1.54) is 22.7 Å². The molecule has 3 amide bonds. The zero-order valence-corrected chi connectivity index (χ0v) is 22.3. The van der Waals surface area contributed by atoms with Crippen LogP contribution in [0.3, 0.4) is 0 Å². The van der Waals surface area contributed by atoms with Gasteiger partial charge < -0.3 is 21.1 Å². The SMILES string of the molecule is COc1cccc(C(=O)Nc2cccc(-c3csc(-c4sc(NC(=O)NCc5ccncc5)nc4N)n3)c2)c1. The van der Waals surface area contributed by atoms with Crippen LogP contribution in [0.25, 0.3) is 21.1 Å². The van der Waals surface area contributed by atoms with Gasteiger partial charge in [-0.15, -0.1) is 11.3 Å². The number of anilines is 3. The molecule has 2 aromatic carbocycles. The van der Waals surface area contributed by atoms with Crippen LogP contribution in [-0.4, -0.2) is 34.0 Å². The number of nitrogens with one attached hydrogen (secondary N) is 3. The number of rotatable bonds is 8. The number of nitrogens with two attached hydrogens (primary N) is 1. The number of ether oxygens (including phenoxy) is 1. The van der Waals surface area contributed by atoms with E-state index < -0.39 is 0 Å². The molecule has 5 rings (SSSR count). The van der Waals surface area contributed by atoms with Crippen LogP contribution in [0, 0.1) is 0 Å². The second-order valence-electron chi connectivity index (χ2n) is 8.20. The molecule has 0 spiro atoms. The van der Waals surface area contributed by atoms with Crippen LogP contribution < -0.4 is 26.4 Å². The van der Waals surface area contributed by atoms with E-state index in [2.05, 4.69) is 25.9 Å². The van der Waals surface area contributed by atoms with Crippen LogP contribution in [0.15, 0.2) is 78.4 Å². The number of nitrogen functional groups attached to an aromatic ring is 1. The van der Waals surface area contributed by atoms with Crippen molar-refractivity contribution in [2.45, 2.75) is 6.54 Å². The number of thiazole rings is 2. The number of aromatic nitrogens is 3. The number of carbonyl (C=O) groups is 2. The fourth-order valence-corrected chi connectivity index (χ4v) is 5.41. The Balaban J connectivity index is 1.25. The van der Waals surface area contributed by atoms with Crippen LogP contribution in [0.2, 0.25) is 0 Å². The molecule has 0 fully saturated rings. The van der Waals surface area contributed by atoms with E-state index >= 15 is 0 Å². The van der Waals surface area contributed by atoms with Gasteiger partial charge in [0.15, 0.2) is 5.13 Å². The fourth-order valence-electron chi connectivity index (χ4n) is 3.60. The number of methoxy groups -OCH3 is 1. The third-order valence-corrected chi connectivity index (χ3v) is 7.51. The maximum atomic E-state index is 12.7. The lowest BCUT2D eigenvalue weighted by Crippen LogP contribution is -2.28. The first-order valence-corrected chi connectivity index (χ1v) is 13.4. The summed E-state index contributed by atoms with van der Waals surface area (Å²) in [6.45, 7) is 0.358. The number of carbonyl (C=O) groups excluding carboxylic acids is 2. The van der Waals surface area contributed by atoms with Gasteiger partial charge in [0, 0.05) is 41.1 Å². The molecule has 12 heteroatoms. The Kier molecular flexibility index (Phi) is 7.75. The number of pyridine rings is 1. The Morgan fingerprint density at radius 3 is 2.64 bits per heavy atom. The van der Waals surface area contributed by atoms with E-state index in [4.69, 9.17) is 15.5 Å². The minimum absolute atomic E-state index is 0.243. The highest BCUT2D eigenvalue weighted by molar-refractivity contribution is 7.23. The summed E-state index contributed by atoms with van der Waals surface area (Å²) in [5.41, 5.74) is 9.76. The summed E-state index contributed by atoms with van der Waals surface area (Å²) in [6, 6.07) is 17.6. The first-order chi connectivity index (χ1) is 19.0. The Labute approximate surface area is 231 Å². The van der Waals surface area contributed by atoms with Gasteiger partial charge in [-0.3, -0.25) is 15.1 Å². The van der Waals surface area contributed by atoms with E-state index in [0.29, 0.717) is 38.6 Å². The molecule has 0 aliphatic carbocycles. The van der Waals surface area contributed by atoms with Crippen molar-refractivity contribution >= 4 is 51.2 Å². The minimum Gasteiger partial charge on any atom is -0.497 e. The normalized spacial score (nSPS) is 10.6. The van der Waals surface area contributed by atoms with Gasteiger partial charge in [0.05, 0.1) is 12.8 Å². The molecule has 0 aliphatic rings. The highest BCUT2D eigenvalue weighted by Crippen LogP contribution is 2.38. The van der Waals surface area contributed by atoms with Gasteiger partial charge in [-0.2, -0.15) is 0 Å². The summed E-state index contributed by atoms with van der Waals surface area (Å²) < 4.78 is 5.20. The standard InChI is InChI=1S/C27H23N7O3S2/c1-37-20-7-3-5-18(13-20)24(35)31-19-6-2-4-17(12-19)21-15-38-25(32-21)22-23(28)33-27(39-22)34-26(36)30-14-16-8-10-29-11-9-16/h2-13,15H,14,28H2,1H3,(H,31,35)(H2,30,33,34,36). The summed E-state index contributed by atoms with van der Waals surface area (Å²) in [4.78, 5) is 38.6. The molecule has 0 saturated carbocycles. The van der Waals surface area contributed by atoms with Gasteiger partial charge in [-0.25, -0.2) is 14.8 Å². The second kappa shape index (κ2) is 11.7. The van der Waals surface area contributed by atoms with E-state index in [-0.39, 0.29) is 17.8 Å². The molecular weight excluding hydrogens is 534 g/mol. The van der Waals surface area contributed by atoms with Gasteiger partial charge in [0.1, 0.15) is 21.5 Å². The summed E-state index contributed by atoms with van der Waals surface area (Å²) in [5, 5.41) is 11.4. The zero-order chi connectivity index (χ0) is 27.2. The topological polar surface area (TPSA) is 144 Å². The van der Waals surface area contributed by atoms with Gasteiger partial charge in [-0.05, 0) is 48.0 Å². The number of amides is 3. The Morgan fingerprint density at radius 1 is 1.00 bits per heavy atom. The molecule has 0 unspecified atom stereocenters. The molecule has 0 radical (unpaired) electrons. The third-order valence-electron chi connectivity index (χ3n) is 5.52. The highest BCUT2D eigenvalue weighted by atomic mass is 32.1. The molecule has 0 bridgehead atoms. The Bertz CT molecular complexity index is 1620. The lowest BCUT2D eigenvalue weighted by Gasteiger charge is -2.08. The minimum atomic E-state index is -0.389. The number of benzene rings is 2. The van der Waals surface area contributed by atoms with Crippen molar-refractivity contribution in [2.24, 2.45) is 0 Å². The third kappa shape index (κ3) is 6.37. The van der Waals surface area contributed by atoms with Crippen LogP contribution in [0.4, 0.5) is 21.4 Å². The van der Waals surface area contributed by atoms with Gasteiger partial charge in [-0.1, -0.05) is 29.5 Å². The van der Waals surface area contributed by atoms with Crippen LogP contribution in [0.5, 0.6) is 5.75 Å². The maximum Gasteiger partial charge on any atom is 0.321 e. The van der Waals surface area contributed by atoms with Crippen molar-refractivity contribution in [1.82, 2.24) is 20.3 Å². The van der Waals surface area contributed by atoms with Gasteiger partial charge >= 0.3 is 6.03 Å². The smallest absolute Gasteiger partial charge is 0.321 e. The van der Waals surface area contributed by atoms with E-state index in [0.717, 1.165) is 16.8 Å². The van der Waals surface area contributed by atoms with Crippen LogP contribution in [-0.2, 0) is 6.54 Å². The quantitative estimate of drug-likeness (QED) is 0.197. The monoisotopic (exact) mass is 557 g/mol. The molecule has 3 heterocycles. The first kappa shape index (κ1) is 25.8. The van der Waals surface area contributed by atoms with Crippen molar-refractivity contribution in [3.63, 3.8) is 0 Å². The molecular formula is C27H23N7O3S2. The van der Waals surface area contributed by atoms with Gasteiger partial charge in [0.2, 0.25) is 0 Å². The maximum absolute atomic E-state index is 12.7. The second-order valence-corrected chi connectivity index (χ2v) is 10.1. The number of hydrogen-bond acceptors (Lipinski definition) is 9. The average molecular weight is 558 g/mol. The summed E-state index contributed by atoms with van der Waals surface area (Å²) >= 11 is 2.66. The predicted molar refractivity (Wildman–Crippen MR) is 154 cm³/mol. The highest BCUT2D eigenvalue weighted by Gasteiger charge is 2.17. The van der Waals surface area contributed by atoms with Crippen LogP contribution in [0.1, 0.15) is 15.9 Å². The summed E-state index contributed by atoms with van der Waals surface area (Å²) in [5.74, 6) is 0.648. The van der Waals surface area contributed by atoms with Gasteiger partial charge in [0.25, 0.3) is 5.91 Å². The van der Waals surface area contributed by atoms with E-state index in [1.807, 2.05) is 41.8 Å². The van der Waals surface area contributed by atoms with Crippen LogP contribution >= 0.6 is 22.7 Å². The first-order valence-electron chi connectivity index (χ1n) is 11.7. The molecule has 0 atom stereocenters. The summed E-state index contributed by atoms with van der Waals surface area (Å²) in [6.07, 6.45) is 3.33. The molecule has 196 valence electrons. The summed E-state index contributed by atoms with van der Waals surface area (Å²) in [7, 11) is 1.56. The van der Waals surface area contributed by atoms with Crippen molar-refractivity contribution in [1.29, 1.82) is 0 Å². The van der Waals surface area contributed by atoms with Crippen molar-refractivity contribution in [3.8, 4) is 26.9 Å². The lowest BCUT2D eigenvalue weighted by molar-refractivity contribution is 0.102. The fraction of sp³-hybridized carbons (Fsp3) is 0.0741. The molecule has 5 aromatic rings. The van der Waals surface area contributed by atoms with E-state index in [9.17, 15) is 9.59 Å². The molecule has 0 aliphatic heterocycles. The molecule has 5 N–H and O–H groups in total. The molecule has 3 aromatic heterocycles. The van der Waals surface area contributed by atoms with Crippen molar-refractivity contribution in [2.75, 3.05) is 23.5 Å². The molecule has 10 nitrogen and oxygen atoms in total.